The molecule has 6 heteroatoms. The summed E-state index contributed by atoms with van der Waals surface area (Å²) in [6.45, 7) is -0.0110. The van der Waals surface area contributed by atoms with Gasteiger partial charge < -0.3 is 10.6 Å². The zero-order valence-corrected chi connectivity index (χ0v) is 6.79. The minimum Gasteiger partial charge on any atom is -0.368 e. The maximum atomic E-state index is 12.7. The third kappa shape index (κ3) is 1.57. The number of carbonyl (C=O) groups excluding carboxylic acids is 2. The Labute approximate surface area is 70.3 Å². The Morgan fingerprint density at radius 3 is 2.50 bits per heavy atom. The summed E-state index contributed by atoms with van der Waals surface area (Å²) in [4.78, 5) is 22.8. The Bertz CT molecular complexity index is 202. The fraction of sp³-hybridized carbons (Fsp3) is 0.667. The van der Waals surface area contributed by atoms with Crippen molar-refractivity contribution in [3.63, 3.8) is 0 Å². The molecule has 2 amide bonds. The van der Waals surface area contributed by atoms with E-state index in [4.69, 9.17) is 5.73 Å². The molecule has 0 aliphatic carbocycles. The fourth-order valence-corrected chi connectivity index (χ4v) is 1.40. The first kappa shape index (κ1) is 9.03. The molecule has 2 N–H and O–H groups in total. The van der Waals surface area contributed by atoms with Crippen molar-refractivity contribution in [1.29, 1.82) is 0 Å². The highest BCUT2D eigenvalue weighted by Crippen LogP contribution is 2.19. The largest absolute Gasteiger partial charge is 0.368 e. The van der Waals surface area contributed by atoms with Gasteiger partial charge in [0.25, 0.3) is 0 Å². The predicted octanol–water partition coefficient (Wildman–Crippen LogP) is -1.36. The summed E-state index contributed by atoms with van der Waals surface area (Å²) in [6.07, 6.45) is -1.08. The first-order chi connectivity index (χ1) is 5.52. The molecule has 0 saturated carbocycles. The molecule has 0 aromatic carbocycles. The lowest BCUT2D eigenvalue weighted by Crippen LogP contribution is -2.43. The van der Waals surface area contributed by atoms with Crippen molar-refractivity contribution in [2.24, 2.45) is 5.73 Å². The number of likely N-dealkylation sites (tertiary alicyclic amines) is 1. The molecule has 1 rings (SSSR count). The monoisotopic (exact) mass is 172 g/mol. The SMILES string of the molecule is BC(=O)N1C[C@@H](F)C[C@H]1C(N)=O. The van der Waals surface area contributed by atoms with Crippen molar-refractivity contribution in [1.82, 2.24) is 4.90 Å². The van der Waals surface area contributed by atoms with Crippen LogP contribution in [0.3, 0.4) is 0 Å². The van der Waals surface area contributed by atoms with Crippen molar-refractivity contribution in [3.05, 3.63) is 0 Å². The molecular formula is C6H10BFN2O2. The standard InChI is InChI=1S/C6H10BFN2O2/c7-6(12)10-2-3(8)1-4(10)5(9)11/h3-4H,1-2,7H2,(H2,9,11)/t3-,4-/m0/s1. The highest BCUT2D eigenvalue weighted by molar-refractivity contribution is 6.57. The first-order valence-corrected chi connectivity index (χ1v) is 3.73. The second-order valence-corrected chi connectivity index (χ2v) is 2.92. The van der Waals surface area contributed by atoms with E-state index in [1.807, 2.05) is 0 Å². The van der Waals surface area contributed by atoms with E-state index in [1.54, 1.807) is 0 Å². The van der Waals surface area contributed by atoms with Crippen LogP contribution in [0.2, 0.25) is 0 Å². The summed E-state index contributed by atoms with van der Waals surface area (Å²) in [6, 6.07) is -0.752. The van der Waals surface area contributed by atoms with Gasteiger partial charge in [-0.1, -0.05) is 0 Å². The fourth-order valence-electron chi connectivity index (χ4n) is 1.40. The van der Waals surface area contributed by atoms with E-state index >= 15 is 0 Å². The van der Waals surface area contributed by atoms with Crippen molar-refractivity contribution in [2.45, 2.75) is 18.6 Å². The van der Waals surface area contributed by atoms with Crippen molar-refractivity contribution in [3.8, 4) is 0 Å². The Morgan fingerprint density at radius 2 is 2.17 bits per heavy atom. The van der Waals surface area contributed by atoms with Gasteiger partial charge in [-0.05, 0) is 0 Å². The van der Waals surface area contributed by atoms with Gasteiger partial charge in [0.2, 0.25) is 13.8 Å². The van der Waals surface area contributed by atoms with Crippen LogP contribution in [0.5, 0.6) is 0 Å². The molecule has 4 nitrogen and oxygen atoms in total. The van der Waals surface area contributed by atoms with E-state index in [-0.39, 0.29) is 18.8 Å². The molecule has 2 atom stereocenters. The van der Waals surface area contributed by atoms with Gasteiger partial charge in [0.1, 0.15) is 12.2 Å². The van der Waals surface area contributed by atoms with Crippen molar-refractivity contribution >= 4 is 19.6 Å². The Kier molecular flexibility index (Phi) is 2.35. The first-order valence-electron chi connectivity index (χ1n) is 3.73. The topological polar surface area (TPSA) is 63.4 Å². The number of primary amides is 1. The van der Waals surface area contributed by atoms with Crippen LogP contribution in [-0.4, -0.2) is 43.2 Å². The Balaban J connectivity index is 2.72. The smallest absolute Gasteiger partial charge is 0.240 e. The summed E-state index contributed by atoms with van der Waals surface area (Å²) in [5, 5.41) is 0. The van der Waals surface area contributed by atoms with E-state index in [1.165, 1.54) is 12.7 Å². The number of amides is 2. The van der Waals surface area contributed by atoms with Gasteiger partial charge in [-0.15, -0.1) is 0 Å². The van der Waals surface area contributed by atoms with Crippen molar-refractivity contribution in [2.75, 3.05) is 6.54 Å². The molecule has 1 aliphatic heterocycles. The maximum Gasteiger partial charge on any atom is 0.240 e. The minimum absolute atomic E-state index is 0.0110. The van der Waals surface area contributed by atoms with Gasteiger partial charge in [0.05, 0.1) is 6.54 Å². The predicted molar refractivity (Wildman–Crippen MR) is 43.1 cm³/mol. The zero-order valence-electron chi connectivity index (χ0n) is 6.79. The normalized spacial score (nSPS) is 28.9. The van der Waals surface area contributed by atoms with Crippen LogP contribution in [0.15, 0.2) is 0 Å². The molecule has 1 aliphatic rings. The molecule has 12 heavy (non-hydrogen) atoms. The molecule has 1 fully saturated rings. The van der Waals surface area contributed by atoms with Gasteiger partial charge in [-0.3, -0.25) is 9.59 Å². The number of rotatable bonds is 1. The lowest BCUT2D eigenvalue weighted by molar-refractivity contribution is -0.121. The van der Waals surface area contributed by atoms with Gasteiger partial charge >= 0.3 is 0 Å². The van der Waals surface area contributed by atoms with E-state index in [2.05, 4.69) is 0 Å². The van der Waals surface area contributed by atoms with Crippen LogP contribution in [-0.2, 0) is 4.79 Å². The van der Waals surface area contributed by atoms with Crippen LogP contribution in [0, 0.1) is 0 Å². The molecule has 0 aromatic rings. The maximum absolute atomic E-state index is 12.7. The Hall–Kier alpha value is -1.07. The van der Waals surface area contributed by atoms with Gasteiger partial charge in [0.15, 0.2) is 5.81 Å². The number of halogens is 1. The zero-order chi connectivity index (χ0) is 9.30. The second-order valence-electron chi connectivity index (χ2n) is 2.92. The number of hydrogen-bond acceptors (Lipinski definition) is 2. The summed E-state index contributed by atoms with van der Waals surface area (Å²) in [5.41, 5.74) is 4.99. The molecule has 0 unspecified atom stereocenters. The van der Waals surface area contributed by atoms with Crippen LogP contribution in [0.4, 0.5) is 9.18 Å². The number of nitrogens with zero attached hydrogens (tertiary/aromatic N) is 1. The van der Waals surface area contributed by atoms with Crippen molar-refractivity contribution < 1.29 is 14.0 Å². The number of alkyl halides is 1. The third-order valence-electron chi connectivity index (χ3n) is 1.98. The molecule has 0 radical (unpaired) electrons. The number of hydrogen-bond donors (Lipinski definition) is 1. The minimum atomic E-state index is -1.12. The number of nitrogens with two attached hydrogens (primary N) is 1. The molecule has 1 heterocycles. The van der Waals surface area contributed by atoms with E-state index in [0.717, 1.165) is 0 Å². The van der Waals surface area contributed by atoms with Crippen LogP contribution in [0.1, 0.15) is 6.42 Å². The van der Waals surface area contributed by atoms with Crippen LogP contribution in [0.25, 0.3) is 0 Å². The van der Waals surface area contributed by atoms with Gasteiger partial charge in [-0.2, -0.15) is 0 Å². The third-order valence-corrected chi connectivity index (χ3v) is 1.98. The molecule has 0 aromatic heterocycles. The lowest BCUT2D eigenvalue weighted by Gasteiger charge is -2.19. The molecule has 1 saturated heterocycles. The molecular weight excluding hydrogens is 162 g/mol. The molecule has 0 bridgehead atoms. The lowest BCUT2D eigenvalue weighted by atomic mass is 10.1. The Morgan fingerprint density at radius 1 is 1.58 bits per heavy atom. The second kappa shape index (κ2) is 3.12. The quantitative estimate of drug-likeness (QED) is 0.496. The summed E-state index contributed by atoms with van der Waals surface area (Å²) < 4.78 is 12.7. The van der Waals surface area contributed by atoms with Gasteiger partial charge in [-0.25, -0.2) is 4.39 Å². The van der Waals surface area contributed by atoms with Gasteiger partial charge in [0, 0.05) is 6.42 Å². The molecule has 66 valence electrons. The van der Waals surface area contributed by atoms with Crippen LogP contribution >= 0.6 is 0 Å². The average molecular weight is 172 g/mol. The van der Waals surface area contributed by atoms with Crippen LogP contribution < -0.4 is 5.73 Å². The van der Waals surface area contributed by atoms with E-state index in [0.29, 0.717) is 0 Å². The van der Waals surface area contributed by atoms with E-state index in [9.17, 15) is 14.0 Å². The summed E-state index contributed by atoms with van der Waals surface area (Å²) in [5.74, 6) is -0.940. The highest BCUT2D eigenvalue weighted by Gasteiger charge is 2.36. The number of carbonyl (C=O) groups is 2. The summed E-state index contributed by atoms with van der Waals surface area (Å²) in [7, 11) is 1.30. The van der Waals surface area contributed by atoms with E-state index < -0.39 is 18.1 Å². The highest BCUT2D eigenvalue weighted by atomic mass is 19.1. The molecule has 0 spiro atoms. The average Bonchev–Trinajstić information content (AvgIpc) is 2.31. The summed E-state index contributed by atoms with van der Waals surface area (Å²) >= 11 is 0.